The van der Waals surface area contributed by atoms with Crippen molar-refractivity contribution >= 4 is 17.3 Å². The van der Waals surface area contributed by atoms with Gasteiger partial charge in [0.2, 0.25) is 0 Å². The molecule has 0 aliphatic rings. The van der Waals surface area contributed by atoms with Crippen molar-refractivity contribution in [3.63, 3.8) is 0 Å². The first-order valence-corrected chi connectivity index (χ1v) is 6.19. The Morgan fingerprint density at radius 1 is 1.33 bits per heavy atom. The molecule has 0 bridgehead atoms. The summed E-state index contributed by atoms with van der Waals surface area (Å²) in [5, 5.41) is 3.16. The van der Waals surface area contributed by atoms with Crippen molar-refractivity contribution in [2.75, 3.05) is 6.54 Å². The molecule has 0 amide bonds. The summed E-state index contributed by atoms with van der Waals surface area (Å²) in [6.45, 7) is 7.82. The van der Waals surface area contributed by atoms with Crippen LogP contribution >= 0.6 is 11.6 Å². The molecule has 84 valence electrons. The molecule has 0 fully saturated rings. The van der Waals surface area contributed by atoms with Gasteiger partial charge in [0.25, 0.3) is 0 Å². The first kappa shape index (κ1) is 12.5. The zero-order valence-corrected chi connectivity index (χ0v) is 10.6. The summed E-state index contributed by atoms with van der Waals surface area (Å²) in [6.07, 6.45) is 2.36. The highest BCUT2D eigenvalue weighted by Crippen LogP contribution is 2.26. The van der Waals surface area contributed by atoms with Crippen LogP contribution in [-0.4, -0.2) is 6.54 Å². The second kappa shape index (κ2) is 6.14. The van der Waals surface area contributed by atoms with Gasteiger partial charge in [-0.1, -0.05) is 32.4 Å². The zero-order chi connectivity index (χ0) is 11.3. The van der Waals surface area contributed by atoms with Crippen LogP contribution in [0.15, 0.2) is 18.2 Å². The summed E-state index contributed by atoms with van der Waals surface area (Å²) < 4.78 is 0. The second-order valence-corrected chi connectivity index (χ2v) is 4.51. The van der Waals surface area contributed by atoms with E-state index < -0.39 is 0 Å². The summed E-state index contributed by atoms with van der Waals surface area (Å²) in [5.74, 6) is 0.590. The summed E-state index contributed by atoms with van der Waals surface area (Å²) in [6, 6.07) is 6.23. The number of benzene rings is 1. The molecule has 2 N–H and O–H groups in total. The molecular formula is C13H21ClN+. The quantitative estimate of drug-likeness (QED) is 0.741. The lowest BCUT2D eigenvalue weighted by Crippen LogP contribution is -2.78. The molecule has 0 aliphatic heterocycles. The number of rotatable bonds is 5. The highest BCUT2D eigenvalue weighted by Gasteiger charge is 2.12. The normalized spacial score (nSPS) is 12.8. The molecule has 0 aromatic heterocycles. The molecule has 1 rings (SSSR count). The molecular weight excluding hydrogens is 206 g/mol. The number of halogens is 1. The van der Waals surface area contributed by atoms with Gasteiger partial charge in [-0.15, -0.1) is 0 Å². The lowest BCUT2D eigenvalue weighted by atomic mass is 9.97. The van der Waals surface area contributed by atoms with Crippen LogP contribution in [0.1, 0.15) is 45.1 Å². The van der Waals surface area contributed by atoms with E-state index in [1.54, 1.807) is 0 Å². The third-order valence-electron chi connectivity index (χ3n) is 2.85. The molecule has 0 radical (unpaired) electrons. The van der Waals surface area contributed by atoms with Gasteiger partial charge in [0, 0.05) is 16.7 Å². The Morgan fingerprint density at radius 3 is 2.67 bits per heavy atom. The van der Waals surface area contributed by atoms with E-state index in [0.717, 1.165) is 18.0 Å². The van der Waals surface area contributed by atoms with Crippen molar-refractivity contribution in [2.45, 2.75) is 39.5 Å². The first-order valence-electron chi connectivity index (χ1n) is 5.81. The molecule has 2 heteroatoms. The minimum absolute atomic E-state index is 0.590. The van der Waals surface area contributed by atoms with Gasteiger partial charge in [-0.25, -0.2) is 0 Å². The monoisotopic (exact) mass is 226 g/mol. The third-order valence-corrected chi connectivity index (χ3v) is 3.08. The molecule has 1 aromatic rings. The summed E-state index contributed by atoms with van der Waals surface area (Å²) in [4.78, 5) is 0. The second-order valence-electron chi connectivity index (χ2n) is 4.08. The lowest BCUT2D eigenvalue weighted by molar-refractivity contribution is -0.572. The van der Waals surface area contributed by atoms with E-state index in [2.05, 4.69) is 38.2 Å². The van der Waals surface area contributed by atoms with Gasteiger partial charge < -0.3 is 5.32 Å². The van der Waals surface area contributed by atoms with Crippen LogP contribution in [0.2, 0.25) is 5.02 Å². The predicted octanol–water partition coefficient (Wildman–Crippen LogP) is 3.46. The Kier molecular flexibility index (Phi) is 5.13. The standard InChI is InChI=1S/C13H20ClN/c1-4-8-15-13-7-6-11(14)9-12(13)10(3)5-2/h6-7,9-10,15H,4-5,8H2,1-3H3/p+1. The van der Waals surface area contributed by atoms with Gasteiger partial charge >= 0.3 is 0 Å². The molecule has 1 unspecified atom stereocenters. The van der Waals surface area contributed by atoms with E-state index in [1.165, 1.54) is 17.7 Å². The van der Waals surface area contributed by atoms with Crippen molar-refractivity contribution < 1.29 is 5.32 Å². The molecule has 0 aliphatic carbocycles. The summed E-state index contributed by atoms with van der Waals surface area (Å²) >= 11 is 6.04. The van der Waals surface area contributed by atoms with Crippen LogP contribution in [0.25, 0.3) is 0 Å². The van der Waals surface area contributed by atoms with E-state index in [1.807, 2.05) is 6.07 Å². The fourth-order valence-electron chi connectivity index (χ4n) is 1.68. The van der Waals surface area contributed by atoms with Crippen LogP contribution in [-0.2, 0) is 0 Å². The minimum Gasteiger partial charge on any atom is -0.314 e. The van der Waals surface area contributed by atoms with Crippen LogP contribution in [0, 0.1) is 0 Å². The van der Waals surface area contributed by atoms with Gasteiger partial charge in [0.1, 0.15) is 5.69 Å². The largest absolute Gasteiger partial charge is 0.314 e. The zero-order valence-electron chi connectivity index (χ0n) is 9.89. The fraction of sp³-hybridized carbons (Fsp3) is 0.538. The molecule has 0 saturated heterocycles. The van der Waals surface area contributed by atoms with Crippen molar-refractivity contribution in [3.05, 3.63) is 28.8 Å². The van der Waals surface area contributed by atoms with Crippen LogP contribution < -0.4 is 5.32 Å². The number of nitrogens with two attached hydrogens (primary N) is 1. The highest BCUT2D eigenvalue weighted by molar-refractivity contribution is 6.30. The van der Waals surface area contributed by atoms with Crippen LogP contribution in [0.4, 0.5) is 5.69 Å². The Morgan fingerprint density at radius 2 is 2.07 bits per heavy atom. The van der Waals surface area contributed by atoms with E-state index in [9.17, 15) is 0 Å². The average Bonchev–Trinajstić information content (AvgIpc) is 2.26. The first-order chi connectivity index (χ1) is 7.19. The molecule has 1 aromatic carbocycles. The fourth-order valence-corrected chi connectivity index (χ4v) is 1.86. The van der Waals surface area contributed by atoms with Crippen LogP contribution in [0.3, 0.4) is 0 Å². The van der Waals surface area contributed by atoms with Crippen molar-refractivity contribution in [1.29, 1.82) is 0 Å². The Hall–Kier alpha value is -0.530. The van der Waals surface area contributed by atoms with E-state index in [4.69, 9.17) is 11.6 Å². The van der Waals surface area contributed by atoms with Gasteiger partial charge in [0.15, 0.2) is 0 Å². The van der Waals surface area contributed by atoms with Gasteiger partial charge in [-0.05, 0) is 30.9 Å². The van der Waals surface area contributed by atoms with Gasteiger partial charge in [-0.3, -0.25) is 0 Å². The SMILES string of the molecule is CCC[NH2+]c1ccc(Cl)cc1C(C)CC. The lowest BCUT2D eigenvalue weighted by Gasteiger charge is -2.13. The highest BCUT2D eigenvalue weighted by atomic mass is 35.5. The van der Waals surface area contributed by atoms with Crippen molar-refractivity contribution in [3.8, 4) is 0 Å². The average molecular weight is 227 g/mol. The van der Waals surface area contributed by atoms with Crippen molar-refractivity contribution in [1.82, 2.24) is 0 Å². The van der Waals surface area contributed by atoms with Gasteiger partial charge in [-0.2, -0.15) is 0 Å². The number of hydrogen-bond donors (Lipinski definition) is 1. The smallest absolute Gasteiger partial charge is 0.133 e. The Bertz CT molecular complexity index is 309. The van der Waals surface area contributed by atoms with Crippen molar-refractivity contribution in [2.24, 2.45) is 0 Å². The summed E-state index contributed by atoms with van der Waals surface area (Å²) in [7, 11) is 0. The Balaban J connectivity index is 2.92. The molecule has 0 spiro atoms. The third kappa shape index (κ3) is 3.51. The maximum absolute atomic E-state index is 6.04. The molecule has 1 atom stereocenters. The Labute approximate surface area is 97.8 Å². The molecule has 1 nitrogen and oxygen atoms in total. The van der Waals surface area contributed by atoms with E-state index in [0.29, 0.717) is 5.92 Å². The minimum atomic E-state index is 0.590. The predicted molar refractivity (Wildman–Crippen MR) is 66.9 cm³/mol. The molecule has 0 heterocycles. The molecule has 0 saturated carbocycles. The molecule has 15 heavy (non-hydrogen) atoms. The van der Waals surface area contributed by atoms with Crippen LogP contribution in [0.5, 0.6) is 0 Å². The maximum Gasteiger partial charge on any atom is 0.133 e. The van der Waals surface area contributed by atoms with E-state index >= 15 is 0 Å². The number of quaternary nitrogens is 1. The summed E-state index contributed by atoms with van der Waals surface area (Å²) in [5.41, 5.74) is 2.74. The van der Waals surface area contributed by atoms with E-state index in [-0.39, 0.29) is 0 Å². The topological polar surface area (TPSA) is 16.6 Å². The van der Waals surface area contributed by atoms with Gasteiger partial charge in [0.05, 0.1) is 6.54 Å². The number of hydrogen-bond acceptors (Lipinski definition) is 0. The maximum atomic E-state index is 6.04.